The van der Waals surface area contributed by atoms with Gasteiger partial charge in [-0.05, 0) is 62.3 Å². The Balaban J connectivity index is 1.68. The summed E-state index contributed by atoms with van der Waals surface area (Å²) >= 11 is 0. The van der Waals surface area contributed by atoms with Crippen LogP contribution in [-0.4, -0.2) is 76.0 Å². The van der Waals surface area contributed by atoms with Crippen molar-refractivity contribution >= 4 is 35.3 Å². The summed E-state index contributed by atoms with van der Waals surface area (Å²) in [6.07, 6.45) is 2.60. The predicted octanol–water partition coefficient (Wildman–Crippen LogP) is 0.518. The van der Waals surface area contributed by atoms with Crippen LogP contribution >= 0.6 is 0 Å². The summed E-state index contributed by atoms with van der Waals surface area (Å²) in [6, 6.07) is 10.7. The zero-order valence-corrected chi connectivity index (χ0v) is 22.7. The number of phenols is 1. The van der Waals surface area contributed by atoms with Crippen LogP contribution < -0.4 is 27.8 Å². The fourth-order valence-corrected chi connectivity index (χ4v) is 4.66. The standard InChI is InChI=1S/C28H37N7O6/c29-20(12-10-17-6-2-1-3-7-17)26(39)35-15-5-9-22(35)25(38)34-21(8-4-14-32-28(30)31)24(37)33-18-11-13-23(36)19(16-18)27(40)41/h1-3,6-7,11,13,16,20-22,36H,4-5,8-10,12,14-15,29H2,(H,33,37)(H,34,38)(H,40,41)(H4,30,31,32)/t20-,21?,22?/m0/s1. The first-order valence-electron chi connectivity index (χ1n) is 13.4. The number of amides is 3. The lowest BCUT2D eigenvalue weighted by atomic mass is 10.0. The average molecular weight is 568 g/mol. The van der Waals surface area contributed by atoms with Crippen molar-refractivity contribution < 1.29 is 29.4 Å². The number of nitrogens with zero attached hydrogens (tertiary/aromatic N) is 2. The predicted molar refractivity (Wildman–Crippen MR) is 153 cm³/mol. The van der Waals surface area contributed by atoms with Gasteiger partial charge in [0, 0.05) is 18.8 Å². The van der Waals surface area contributed by atoms with E-state index in [9.17, 15) is 29.4 Å². The molecule has 0 spiro atoms. The van der Waals surface area contributed by atoms with Crippen molar-refractivity contribution in [2.45, 2.75) is 56.7 Å². The van der Waals surface area contributed by atoms with Crippen molar-refractivity contribution in [2.24, 2.45) is 22.2 Å². The summed E-state index contributed by atoms with van der Waals surface area (Å²) in [4.78, 5) is 56.4. The highest BCUT2D eigenvalue weighted by atomic mass is 16.4. The quantitative estimate of drug-likeness (QED) is 0.0773. The normalized spacial score (nSPS) is 15.9. The Bertz CT molecular complexity index is 1270. The topological polar surface area (TPSA) is 226 Å². The van der Waals surface area contributed by atoms with Gasteiger partial charge in [0.05, 0.1) is 6.04 Å². The van der Waals surface area contributed by atoms with Gasteiger partial charge >= 0.3 is 5.97 Å². The monoisotopic (exact) mass is 567 g/mol. The molecule has 220 valence electrons. The van der Waals surface area contributed by atoms with Crippen LogP contribution in [0.15, 0.2) is 53.5 Å². The first-order chi connectivity index (χ1) is 19.6. The summed E-state index contributed by atoms with van der Waals surface area (Å²) in [6.45, 7) is 0.595. The first kappa shape index (κ1) is 30.9. The minimum atomic E-state index is -1.37. The van der Waals surface area contributed by atoms with Crippen molar-refractivity contribution in [3.8, 4) is 5.75 Å². The molecule has 2 aromatic rings. The molecule has 13 heteroatoms. The number of likely N-dealkylation sites (tertiary alicyclic amines) is 1. The van der Waals surface area contributed by atoms with Crippen molar-refractivity contribution in [3.63, 3.8) is 0 Å². The molecule has 0 aliphatic carbocycles. The third-order valence-electron chi connectivity index (χ3n) is 6.82. The summed E-state index contributed by atoms with van der Waals surface area (Å²) in [5.41, 5.74) is 17.7. The molecule has 1 fully saturated rings. The summed E-state index contributed by atoms with van der Waals surface area (Å²) in [7, 11) is 0. The number of hydrogen-bond donors (Lipinski definition) is 7. The van der Waals surface area contributed by atoms with Gasteiger partial charge in [-0.3, -0.25) is 19.4 Å². The molecule has 1 saturated heterocycles. The number of guanidine groups is 1. The molecule has 0 aromatic heterocycles. The molecular weight excluding hydrogens is 530 g/mol. The van der Waals surface area contributed by atoms with Gasteiger partial charge in [0.1, 0.15) is 23.4 Å². The lowest BCUT2D eigenvalue weighted by molar-refractivity contribution is -0.140. The Kier molecular flexibility index (Phi) is 11.0. The molecule has 13 nitrogen and oxygen atoms in total. The third kappa shape index (κ3) is 8.93. The van der Waals surface area contributed by atoms with E-state index in [-0.39, 0.29) is 36.1 Å². The van der Waals surface area contributed by atoms with Crippen molar-refractivity contribution in [2.75, 3.05) is 18.4 Å². The molecule has 0 bridgehead atoms. The van der Waals surface area contributed by atoms with Gasteiger partial charge in [-0.25, -0.2) is 4.79 Å². The Morgan fingerprint density at radius 2 is 1.80 bits per heavy atom. The van der Waals surface area contributed by atoms with E-state index in [1.165, 1.54) is 11.0 Å². The Hall–Kier alpha value is -4.65. The van der Waals surface area contributed by atoms with Crippen molar-refractivity contribution in [1.82, 2.24) is 10.2 Å². The number of aromatic hydroxyl groups is 1. The van der Waals surface area contributed by atoms with Crippen LogP contribution in [0.3, 0.4) is 0 Å². The van der Waals surface area contributed by atoms with E-state index in [1.54, 1.807) is 0 Å². The number of benzene rings is 2. The molecule has 10 N–H and O–H groups in total. The summed E-state index contributed by atoms with van der Waals surface area (Å²) < 4.78 is 0. The number of nitrogens with two attached hydrogens (primary N) is 3. The summed E-state index contributed by atoms with van der Waals surface area (Å²) in [5.74, 6) is -3.36. The first-order valence-corrected chi connectivity index (χ1v) is 13.4. The van der Waals surface area contributed by atoms with E-state index in [0.717, 1.165) is 17.7 Å². The highest BCUT2D eigenvalue weighted by molar-refractivity contribution is 6.00. The number of hydrogen-bond acceptors (Lipinski definition) is 7. The Labute approximate surface area is 237 Å². The van der Waals surface area contributed by atoms with Gasteiger partial charge < -0.3 is 42.9 Å². The van der Waals surface area contributed by atoms with Gasteiger partial charge in [0.15, 0.2) is 5.96 Å². The number of rotatable bonds is 13. The van der Waals surface area contributed by atoms with E-state index in [4.69, 9.17) is 17.2 Å². The minimum absolute atomic E-state index is 0.107. The van der Waals surface area contributed by atoms with Gasteiger partial charge in [0.25, 0.3) is 0 Å². The number of nitrogens with one attached hydrogen (secondary N) is 2. The molecule has 1 heterocycles. The second-order valence-electron chi connectivity index (χ2n) is 9.86. The minimum Gasteiger partial charge on any atom is -0.507 e. The fourth-order valence-electron chi connectivity index (χ4n) is 4.66. The average Bonchev–Trinajstić information content (AvgIpc) is 3.44. The number of carbonyl (C=O) groups excluding carboxylic acids is 3. The van der Waals surface area contributed by atoms with E-state index < -0.39 is 41.7 Å². The maximum Gasteiger partial charge on any atom is 0.339 e. The smallest absolute Gasteiger partial charge is 0.339 e. The van der Waals surface area contributed by atoms with Crippen molar-refractivity contribution in [3.05, 3.63) is 59.7 Å². The van der Waals surface area contributed by atoms with Crippen LogP contribution in [0.5, 0.6) is 5.75 Å². The molecule has 1 aliphatic rings. The SMILES string of the molecule is NC(N)=NCCCC(NC(=O)C1CCCN1C(=O)[C@@H](N)CCc1ccccc1)C(=O)Nc1ccc(O)c(C(=O)O)c1. The van der Waals surface area contributed by atoms with Crippen LogP contribution in [0.25, 0.3) is 0 Å². The number of aliphatic imine (C=N–C) groups is 1. The third-order valence-corrected chi connectivity index (χ3v) is 6.82. The Morgan fingerprint density at radius 3 is 2.49 bits per heavy atom. The van der Waals surface area contributed by atoms with Crippen LogP contribution in [-0.2, 0) is 20.8 Å². The van der Waals surface area contributed by atoms with Crippen LogP contribution in [0, 0.1) is 0 Å². The second-order valence-corrected chi connectivity index (χ2v) is 9.86. The number of carboxylic acids is 1. The molecule has 3 amide bonds. The maximum atomic E-state index is 13.4. The number of anilines is 1. The molecule has 3 atom stereocenters. The van der Waals surface area contributed by atoms with Gasteiger partial charge in [-0.1, -0.05) is 30.3 Å². The Morgan fingerprint density at radius 1 is 1.07 bits per heavy atom. The number of aromatic carboxylic acids is 1. The maximum absolute atomic E-state index is 13.4. The molecule has 3 rings (SSSR count). The van der Waals surface area contributed by atoms with Crippen molar-refractivity contribution in [1.29, 1.82) is 0 Å². The van der Waals surface area contributed by atoms with Crippen LogP contribution in [0.2, 0.25) is 0 Å². The number of aryl methyl sites for hydroxylation is 1. The van der Waals surface area contributed by atoms with Gasteiger partial charge in [-0.15, -0.1) is 0 Å². The van der Waals surface area contributed by atoms with E-state index >= 15 is 0 Å². The highest BCUT2D eigenvalue weighted by Crippen LogP contribution is 2.23. The van der Waals surface area contributed by atoms with E-state index in [1.807, 2.05) is 30.3 Å². The lowest BCUT2D eigenvalue weighted by Gasteiger charge is -2.28. The molecule has 41 heavy (non-hydrogen) atoms. The van der Waals surface area contributed by atoms with Gasteiger partial charge in [0.2, 0.25) is 17.7 Å². The zero-order chi connectivity index (χ0) is 29.9. The van der Waals surface area contributed by atoms with E-state index in [2.05, 4.69) is 15.6 Å². The molecule has 1 aliphatic heterocycles. The van der Waals surface area contributed by atoms with Crippen LogP contribution in [0.4, 0.5) is 5.69 Å². The lowest BCUT2D eigenvalue weighted by Crippen LogP contribution is -2.54. The van der Waals surface area contributed by atoms with E-state index in [0.29, 0.717) is 38.6 Å². The molecule has 0 radical (unpaired) electrons. The highest BCUT2D eigenvalue weighted by Gasteiger charge is 2.37. The van der Waals surface area contributed by atoms with Crippen LogP contribution in [0.1, 0.15) is 48.0 Å². The fraction of sp³-hybridized carbons (Fsp3) is 0.393. The molecule has 2 unspecified atom stereocenters. The largest absolute Gasteiger partial charge is 0.507 e. The second kappa shape index (κ2) is 14.7. The molecule has 0 saturated carbocycles. The zero-order valence-electron chi connectivity index (χ0n) is 22.7. The number of carboxylic acid groups (broad SMARTS) is 1. The number of carbonyl (C=O) groups is 4. The van der Waals surface area contributed by atoms with Gasteiger partial charge in [-0.2, -0.15) is 0 Å². The molecule has 2 aromatic carbocycles. The summed E-state index contributed by atoms with van der Waals surface area (Å²) in [5, 5.41) is 24.3. The molecular formula is C28H37N7O6.